The van der Waals surface area contributed by atoms with Crippen LogP contribution in [-0.2, 0) is 6.42 Å². The fourth-order valence-electron chi connectivity index (χ4n) is 1.82. The van der Waals surface area contributed by atoms with Crippen LogP contribution in [0.15, 0.2) is 47.6 Å². The van der Waals surface area contributed by atoms with Crippen LogP contribution >= 0.6 is 11.6 Å². The van der Waals surface area contributed by atoms with Crippen molar-refractivity contribution in [3.63, 3.8) is 0 Å². The van der Waals surface area contributed by atoms with Crippen LogP contribution in [0.2, 0.25) is 5.15 Å². The summed E-state index contributed by atoms with van der Waals surface area (Å²) in [7, 11) is 0. The van der Waals surface area contributed by atoms with Crippen molar-refractivity contribution >= 4 is 23.2 Å². The number of ether oxygens (including phenoxy) is 1. The highest BCUT2D eigenvalue weighted by atomic mass is 35.5. The summed E-state index contributed by atoms with van der Waals surface area (Å²) in [5, 5.41) is 2.99. The maximum atomic E-state index is 12.4. The second kappa shape index (κ2) is 7.87. The smallest absolute Gasteiger partial charge is 0.404 e. The van der Waals surface area contributed by atoms with Gasteiger partial charge in [-0.15, -0.1) is 13.2 Å². The molecule has 0 bridgehead atoms. The molecule has 0 aliphatic heterocycles. The molecule has 9 heteroatoms. The van der Waals surface area contributed by atoms with Gasteiger partial charge in [0.05, 0.1) is 5.69 Å². The summed E-state index contributed by atoms with van der Waals surface area (Å²) in [6, 6.07) is 9.04. The van der Waals surface area contributed by atoms with Gasteiger partial charge in [-0.3, -0.25) is 4.99 Å². The summed E-state index contributed by atoms with van der Waals surface area (Å²) in [5.41, 5.74) is 6.68. The summed E-state index contributed by atoms with van der Waals surface area (Å²) < 4.78 is 41.0. The summed E-state index contributed by atoms with van der Waals surface area (Å²) >= 11 is 5.69. The maximum Gasteiger partial charge on any atom is 0.573 e. The van der Waals surface area contributed by atoms with Crippen LogP contribution in [0.5, 0.6) is 5.75 Å². The maximum absolute atomic E-state index is 12.4. The molecule has 128 valence electrons. The van der Waals surface area contributed by atoms with Crippen molar-refractivity contribution in [1.29, 1.82) is 0 Å². The number of aliphatic imine (C=N–C) groups is 1. The topological polar surface area (TPSA) is 72.5 Å². The van der Waals surface area contributed by atoms with Gasteiger partial charge in [0.25, 0.3) is 0 Å². The third-order valence-corrected chi connectivity index (χ3v) is 3.07. The van der Waals surface area contributed by atoms with Crippen LogP contribution in [0.3, 0.4) is 0 Å². The highest BCUT2D eigenvalue weighted by molar-refractivity contribution is 6.29. The van der Waals surface area contributed by atoms with Gasteiger partial charge in [-0.1, -0.05) is 29.8 Å². The fraction of sp³-hybridized carbons (Fsp3) is 0.200. The fourth-order valence-corrected chi connectivity index (χ4v) is 1.93. The molecule has 0 saturated carbocycles. The Kier molecular flexibility index (Phi) is 5.86. The third kappa shape index (κ3) is 5.96. The van der Waals surface area contributed by atoms with Gasteiger partial charge in [-0.2, -0.15) is 0 Å². The number of anilines is 1. The Morgan fingerprint density at radius 1 is 1.25 bits per heavy atom. The van der Waals surface area contributed by atoms with E-state index in [1.54, 1.807) is 24.4 Å². The van der Waals surface area contributed by atoms with Crippen LogP contribution in [-0.4, -0.2) is 23.9 Å². The van der Waals surface area contributed by atoms with E-state index in [0.29, 0.717) is 18.1 Å². The zero-order chi connectivity index (χ0) is 17.6. The quantitative estimate of drug-likeness (QED) is 0.486. The second-order valence-corrected chi connectivity index (χ2v) is 5.06. The van der Waals surface area contributed by atoms with Gasteiger partial charge >= 0.3 is 6.36 Å². The van der Waals surface area contributed by atoms with E-state index in [9.17, 15) is 13.2 Å². The lowest BCUT2D eigenvalue weighted by molar-refractivity contribution is -0.274. The zero-order valence-corrected chi connectivity index (χ0v) is 13.1. The first-order valence-electron chi connectivity index (χ1n) is 6.85. The molecule has 1 aromatic heterocycles. The first-order valence-corrected chi connectivity index (χ1v) is 7.23. The highest BCUT2D eigenvalue weighted by Gasteiger charge is 2.32. The lowest BCUT2D eigenvalue weighted by atomic mass is 10.2. The Balaban J connectivity index is 1.96. The molecule has 2 rings (SSSR count). The van der Waals surface area contributed by atoms with Gasteiger partial charge < -0.3 is 15.8 Å². The second-order valence-electron chi connectivity index (χ2n) is 4.68. The van der Waals surface area contributed by atoms with E-state index in [2.05, 4.69) is 20.0 Å². The van der Waals surface area contributed by atoms with E-state index >= 15 is 0 Å². The SMILES string of the molecule is NC(=NCCc1ccc(Cl)nc1)Nc1ccccc1OC(F)(F)F. The monoisotopic (exact) mass is 358 g/mol. The van der Waals surface area contributed by atoms with E-state index < -0.39 is 6.36 Å². The predicted octanol–water partition coefficient (Wildman–Crippen LogP) is 3.60. The van der Waals surface area contributed by atoms with Crippen molar-refractivity contribution in [2.45, 2.75) is 12.8 Å². The van der Waals surface area contributed by atoms with Gasteiger partial charge in [0.1, 0.15) is 5.15 Å². The van der Waals surface area contributed by atoms with Crippen LogP contribution in [0, 0.1) is 0 Å². The molecule has 24 heavy (non-hydrogen) atoms. The van der Waals surface area contributed by atoms with Crippen molar-refractivity contribution in [2.24, 2.45) is 10.7 Å². The molecule has 0 fully saturated rings. The van der Waals surface area contributed by atoms with Crippen LogP contribution in [0.1, 0.15) is 5.56 Å². The van der Waals surface area contributed by atoms with Crippen molar-refractivity contribution < 1.29 is 17.9 Å². The molecule has 0 radical (unpaired) electrons. The minimum absolute atomic E-state index is 0.0184. The van der Waals surface area contributed by atoms with Crippen molar-refractivity contribution in [3.05, 3.63) is 53.3 Å². The molecular formula is C15H14ClF3N4O. The Hall–Kier alpha value is -2.48. The molecule has 0 atom stereocenters. The van der Waals surface area contributed by atoms with E-state index in [0.717, 1.165) is 5.56 Å². The number of hydrogen-bond acceptors (Lipinski definition) is 3. The number of nitrogens with zero attached hydrogens (tertiary/aromatic N) is 2. The van der Waals surface area contributed by atoms with Crippen molar-refractivity contribution in [3.8, 4) is 5.75 Å². The van der Waals surface area contributed by atoms with Crippen LogP contribution < -0.4 is 15.8 Å². The molecular weight excluding hydrogens is 345 g/mol. The minimum atomic E-state index is -4.79. The predicted molar refractivity (Wildman–Crippen MR) is 86.2 cm³/mol. The third-order valence-electron chi connectivity index (χ3n) is 2.85. The molecule has 1 heterocycles. The number of pyridine rings is 1. The van der Waals surface area contributed by atoms with Gasteiger partial charge in [-0.25, -0.2) is 4.98 Å². The average Bonchev–Trinajstić information content (AvgIpc) is 2.50. The Morgan fingerprint density at radius 3 is 2.67 bits per heavy atom. The molecule has 5 nitrogen and oxygen atoms in total. The number of nitrogens with two attached hydrogens (primary N) is 1. The molecule has 2 aromatic rings. The Labute approximate surface area is 141 Å². The van der Waals surface area contributed by atoms with Gasteiger partial charge in [0.2, 0.25) is 0 Å². The van der Waals surface area contributed by atoms with E-state index in [1.165, 1.54) is 18.2 Å². The van der Waals surface area contributed by atoms with Crippen molar-refractivity contribution in [2.75, 3.05) is 11.9 Å². The molecule has 0 unspecified atom stereocenters. The first kappa shape index (κ1) is 17.9. The Morgan fingerprint density at radius 2 is 2.00 bits per heavy atom. The number of nitrogens with one attached hydrogen (secondary N) is 1. The molecule has 0 aliphatic rings. The largest absolute Gasteiger partial charge is 0.573 e. The Bertz CT molecular complexity index is 705. The summed E-state index contributed by atoms with van der Waals surface area (Å²) in [5.74, 6) is -0.403. The van der Waals surface area contributed by atoms with E-state index in [-0.39, 0.29) is 17.4 Å². The number of benzene rings is 1. The van der Waals surface area contributed by atoms with Gasteiger partial charge in [0.15, 0.2) is 11.7 Å². The molecule has 0 spiro atoms. The molecule has 0 saturated heterocycles. The van der Waals surface area contributed by atoms with Crippen molar-refractivity contribution in [1.82, 2.24) is 4.98 Å². The molecule has 0 amide bonds. The molecule has 0 aliphatic carbocycles. The lowest BCUT2D eigenvalue weighted by Gasteiger charge is -2.14. The zero-order valence-electron chi connectivity index (χ0n) is 12.3. The normalized spacial score (nSPS) is 12.1. The number of halogens is 4. The number of alkyl halides is 3. The van der Waals surface area contributed by atoms with Crippen LogP contribution in [0.4, 0.5) is 18.9 Å². The number of hydrogen-bond donors (Lipinski definition) is 2. The van der Waals surface area contributed by atoms with Crippen LogP contribution in [0.25, 0.3) is 0 Å². The number of rotatable bonds is 5. The van der Waals surface area contributed by atoms with Gasteiger partial charge in [-0.05, 0) is 30.2 Å². The molecule has 3 N–H and O–H groups in total. The number of para-hydroxylation sites is 2. The minimum Gasteiger partial charge on any atom is -0.404 e. The van der Waals surface area contributed by atoms with E-state index in [4.69, 9.17) is 17.3 Å². The average molecular weight is 359 g/mol. The standard InChI is InChI=1S/C15H14ClF3N4O/c16-13-6-5-10(9-22-13)7-8-21-14(20)23-11-3-1-2-4-12(11)24-15(17,18)19/h1-6,9H,7-8H2,(H3,20,21,23). The summed E-state index contributed by atoms with van der Waals surface area (Å²) in [6.07, 6.45) is -2.60. The number of aromatic nitrogens is 1. The van der Waals surface area contributed by atoms with Gasteiger partial charge in [0, 0.05) is 12.7 Å². The summed E-state index contributed by atoms with van der Waals surface area (Å²) in [4.78, 5) is 8.00. The highest BCUT2D eigenvalue weighted by Crippen LogP contribution is 2.29. The molecule has 1 aromatic carbocycles. The van der Waals surface area contributed by atoms with E-state index in [1.807, 2.05) is 0 Å². The summed E-state index contributed by atoms with van der Waals surface area (Å²) in [6.45, 7) is 0.338. The lowest BCUT2D eigenvalue weighted by Crippen LogP contribution is -2.24. The number of guanidine groups is 1. The first-order chi connectivity index (χ1) is 11.3.